The summed E-state index contributed by atoms with van der Waals surface area (Å²) in [5, 5.41) is 0. The van der Waals surface area contributed by atoms with E-state index in [2.05, 4.69) is 0 Å². The second-order valence-corrected chi connectivity index (χ2v) is 9.64. The van der Waals surface area contributed by atoms with Gasteiger partial charge in [0.1, 0.15) is 5.75 Å². The molecule has 32 heavy (non-hydrogen) atoms. The van der Waals surface area contributed by atoms with Gasteiger partial charge in [0, 0.05) is 45.8 Å². The van der Waals surface area contributed by atoms with Crippen LogP contribution in [0.4, 0.5) is 0 Å². The normalized spacial score (nSPS) is 15.3. The highest BCUT2D eigenvalue weighted by atomic mass is 32.2. The number of hydrogen-bond acceptors (Lipinski definition) is 5. The first kappa shape index (κ1) is 22.1. The standard InChI is InChI=1S/C22H26N4O5S/c1-4-31-17-7-5-16(6-8-17)21(27)25-11-13-26(14-12-25)32(29,30)18-9-10-19-20(15-18)24(3)22(28)23(19)2/h5-10,15H,4,11-14H2,1-3H3. The Bertz CT molecular complexity index is 1320. The van der Waals surface area contributed by atoms with Crippen molar-refractivity contribution in [1.82, 2.24) is 18.3 Å². The van der Waals surface area contributed by atoms with Crippen LogP contribution in [0, 0.1) is 0 Å². The predicted octanol–water partition coefficient (Wildman–Crippen LogP) is 1.42. The van der Waals surface area contributed by atoms with Crippen LogP contribution in [0.5, 0.6) is 5.75 Å². The molecular weight excluding hydrogens is 432 g/mol. The molecule has 0 N–H and O–H groups in total. The molecule has 1 amide bonds. The minimum absolute atomic E-state index is 0.134. The second-order valence-electron chi connectivity index (χ2n) is 7.70. The van der Waals surface area contributed by atoms with E-state index in [0.717, 1.165) is 0 Å². The van der Waals surface area contributed by atoms with Crippen molar-refractivity contribution in [1.29, 1.82) is 0 Å². The summed E-state index contributed by atoms with van der Waals surface area (Å²) in [5.74, 6) is 0.568. The van der Waals surface area contributed by atoms with Gasteiger partial charge in [-0.25, -0.2) is 13.2 Å². The third kappa shape index (κ3) is 3.80. The number of carbonyl (C=O) groups excluding carboxylic acids is 1. The van der Waals surface area contributed by atoms with E-state index in [9.17, 15) is 18.0 Å². The molecule has 0 unspecified atom stereocenters. The molecule has 0 atom stereocenters. The number of benzene rings is 2. The van der Waals surface area contributed by atoms with Gasteiger partial charge in [0.05, 0.1) is 22.5 Å². The smallest absolute Gasteiger partial charge is 0.328 e. The van der Waals surface area contributed by atoms with Crippen molar-refractivity contribution in [3.05, 3.63) is 58.5 Å². The van der Waals surface area contributed by atoms with Gasteiger partial charge in [-0.05, 0) is 49.4 Å². The number of fused-ring (bicyclic) bond motifs is 1. The maximum absolute atomic E-state index is 13.2. The summed E-state index contributed by atoms with van der Waals surface area (Å²) < 4.78 is 36.1. The Kier molecular flexibility index (Phi) is 5.83. The summed E-state index contributed by atoms with van der Waals surface area (Å²) in [5.41, 5.74) is 1.56. The monoisotopic (exact) mass is 458 g/mol. The Morgan fingerprint density at radius 2 is 1.56 bits per heavy atom. The van der Waals surface area contributed by atoms with Crippen molar-refractivity contribution in [2.75, 3.05) is 32.8 Å². The molecule has 0 saturated carbocycles. The number of amides is 1. The van der Waals surface area contributed by atoms with Crippen LogP contribution in [-0.4, -0.2) is 65.5 Å². The summed E-state index contributed by atoms with van der Waals surface area (Å²) in [6, 6.07) is 11.6. The molecule has 1 aromatic heterocycles. The SMILES string of the molecule is CCOc1ccc(C(=O)N2CCN(S(=O)(=O)c3ccc4c(c3)n(C)c(=O)n4C)CC2)cc1. The van der Waals surface area contributed by atoms with Crippen LogP contribution in [0.1, 0.15) is 17.3 Å². The third-order valence-corrected chi connectivity index (χ3v) is 7.71. The molecule has 0 aliphatic carbocycles. The summed E-state index contributed by atoms with van der Waals surface area (Å²) in [6.45, 7) is 3.46. The number of rotatable bonds is 5. The highest BCUT2D eigenvalue weighted by molar-refractivity contribution is 7.89. The van der Waals surface area contributed by atoms with Gasteiger partial charge in [0.2, 0.25) is 10.0 Å². The van der Waals surface area contributed by atoms with Gasteiger partial charge < -0.3 is 9.64 Å². The number of nitrogens with zero attached hydrogens (tertiary/aromatic N) is 4. The van der Waals surface area contributed by atoms with E-state index < -0.39 is 10.0 Å². The zero-order valence-corrected chi connectivity index (χ0v) is 19.1. The summed E-state index contributed by atoms with van der Waals surface area (Å²) >= 11 is 0. The number of piperazine rings is 1. The molecule has 4 rings (SSSR count). The molecule has 1 aliphatic rings. The first-order chi connectivity index (χ1) is 15.2. The number of aryl methyl sites for hydroxylation is 2. The van der Waals surface area contributed by atoms with Crippen LogP contribution < -0.4 is 10.4 Å². The minimum Gasteiger partial charge on any atom is -0.494 e. The maximum Gasteiger partial charge on any atom is 0.328 e. The summed E-state index contributed by atoms with van der Waals surface area (Å²) in [7, 11) is -0.476. The maximum atomic E-state index is 13.2. The van der Waals surface area contributed by atoms with Crippen LogP contribution >= 0.6 is 0 Å². The molecule has 170 valence electrons. The number of ether oxygens (including phenoxy) is 1. The highest BCUT2D eigenvalue weighted by Gasteiger charge is 2.31. The van der Waals surface area contributed by atoms with Crippen LogP contribution in [0.15, 0.2) is 52.2 Å². The Hall–Kier alpha value is -3.11. The fraction of sp³-hybridized carbons (Fsp3) is 0.364. The number of sulfonamides is 1. The van der Waals surface area contributed by atoms with E-state index in [1.54, 1.807) is 49.3 Å². The van der Waals surface area contributed by atoms with E-state index in [0.29, 0.717) is 42.0 Å². The van der Waals surface area contributed by atoms with Gasteiger partial charge >= 0.3 is 5.69 Å². The largest absolute Gasteiger partial charge is 0.494 e. The second kappa shape index (κ2) is 8.44. The average Bonchev–Trinajstić information content (AvgIpc) is 3.03. The van der Waals surface area contributed by atoms with E-state index >= 15 is 0 Å². The fourth-order valence-corrected chi connectivity index (χ4v) is 5.41. The van der Waals surface area contributed by atoms with Gasteiger partial charge in [0.15, 0.2) is 0 Å². The summed E-state index contributed by atoms with van der Waals surface area (Å²) in [6.07, 6.45) is 0. The molecule has 1 saturated heterocycles. The number of aromatic nitrogens is 2. The fourth-order valence-electron chi connectivity index (χ4n) is 3.97. The predicted molar refractivity (Wildman–Crippen MR) is 120 cm³/mol. The van der Waals surface area contributed by atoms with Gasteiger partial charge in [0.25, 0.3) is 5.91 Å². The van der Waals surface area contributed by atoms with E-state index in [4.69, 9.17) is 4.74 Å². The molecule has 1 fully saturated rings. The Morgan fingerprint density at radius 1 is 0.938 bits per heavy atom. The van der Waals surface area contributed by atoms with Crippen LogP contribution in [0.25, 0.3) is 11.0 Å². The molecule has 0 radical (unpaired) electrons. The van der Waals surface area contributed by atoms with Gasteiger partial charge in [-0.15, -0.1) is 0 Å². The zero-order valence-electron chi connectivity index (χ0n) is 18.3. The van der Waals surface area contributed by atoms with Gasteiger partial charge in [-0.3, -0.25) is 13.9 Å². The first-order valence-corrected chi connectivity index (χ1v) is 11.9. The summed E-state index contributed by atoms with van der Waals surface area (Å²) in [4.78, 5) is 26.7. The lowest BCUT2D eigenvalue weighted by Gasteiger charge is -2.34. The molecule has 9 nitrogen and oxygen atoms in total. The quantitative estimate of drug-likeness (QED) is 0.577. The molecule has 2 heterocycles. The lowest BCUT2D eigenvalue weighted by atomic mass is 10.2. The number of imidazole rings is 1. The Labute approximate surface area is 186 Å². The first-order valence-electron chi connectivity index (χ1n) is 10.4. The zero-order chi connectivity index (χ0) is 23.0. The van der Waals surface area contributed by atoms with Crippen molar-refractivity contribution in [2.24, 2.45) is 14.1 Å². The van der Waals surface area contributed by atoms with Crippen molar-refractivity contribution in [3.63, 3.8) is 0 Å². The van der Waals surface area contributed by atoms with E-state index in [1.807, 2.05) is 6.92 Å². The Balaban J connectivity index is 1.48. The number of hydrogen-bond donors (Lipinski definition) is 0. The van der Waals surface area contributed by atoms with Crippen LogP contribution in [0.3, 0.4) is 0 Å². The van der Waals surface area contributed by atoms with Crippen molar-refractivity contribution >= 4 is 27.0 Å². The molecule has 0 spiro atoms. The lowest BCUT2D eigenvalue weighted by Crippen LogP contribution is -2.50. The van der Waals surface area contributed by atoms with Crippen LogP contribution in [0.2, 0.25) is 0 Å². The number of carbonyl (C=O) groups is 1. The molecule has 1 aliphatic heterocycles. The van der Waals surface area contributed by atoms with Crippen molar-refractivity contribution < 1.29 is 17.9 Å². The molecule has 2 aromatic carbocycles. The molecule has 10 heteroatoms. The molecule has 3 aromatic rings. The highest BCUT2D eigenvalue weighted by Crippen LogP contribution is 2.23. The van der Waals surface area contributed by atoms with E-state index in [-0.39, 0.29) is 29.6 Å². The van der Waals surface area contributed by atoms with Crippen LogP contribution in [-0.2, 0) is 24.1 Å². The minimum atomic E-state index is -3.75. The Morgan fingerprint density at radius 3 is 2.19 bits per heavy atom. The third-order valence-electron chi connectivity index (χ3n) is 5.82. The van der Waals surface area contributed by atoms with Crippen molar-refractivity contribution in [2.45, 2.75) is 11.8 Å². The van der Waals surface area contributed by atoms with E-state index in [1.165, 1.54) is 25.6 Å². The van der Waals surface area contributed by atoms with Crippen molar-refractivity contribution in [3.8, 4) is 5.75 Å². The van der Waals surface area contributed by atoms with Gasteiger partial charge in [-0.1, -0.05) is 0 Å². The average molecular weight is 459 g/mol. The molecular formula is C22H26N4O5S. The topological polar surface area (TPSA) is 93.8 Å². The lowest BCUT2D eigenvalue weighted by molar-refractivity contribution is 0.0698. The molecule has 0 bridgehead atoms. The van der Waals surface area contributed by atoms with Gasteiger partial charge in [-0.2, -0.15) is 4.31 Å².